The van der Waals surface area contributed by atoms with Crippen LogP contribution in [0.15, 0.2) is 109 Å². The van der Waals surface area contributed by atoms with Crippen LogP contribution in [0.4, 0.5) is 0 Å². The highest BCUT2D eigenvalue weighted by Crippen LogP contribution is 2.49. The molecule has 0 aliphatic rings. The average Bonchev–Trinajstić information content (AvgIpc) is 2.87. The van der Waals surface area contributed by atoms with E-state index in [4.69, 9.17) is 0 Å². The first-order valence-corrected chi connectivity index (χ1v) is 11.9. The van der Waals surface area contributed by atoms with Crippen molar-refractivity contribution in [2.24, 2.45) is 0 Å². The highest BCUT2D eigenvalue weighted by atomic mass is 16.3. The van der Waals surface area contributed by atoms with Gasteiger partial charge >= 0.3 is 0 Å². The Balaban J connectivity index is 1.74. The molecule has 0 amide bonds. The van der Waals surface area contributed by atoms with Crippen molar-refractivity contribution < 1.29 is 10.2 Å². The maximum atomic E-state index is 11.4. The van der Waals surface area contributed by atoms with Gasteiger partial charge in [0.25, 0.3) is 0 Å². The highest BCUT2D eigenvalue weighted by molar-refractivity contribution is 6.08. The third-order valence-corrected chi connectivity index (χ3v) is 7.26. The molecule has 0 aliphatic carbocycles. The average molecular weight is 455 g/mol. The first kappa shape index (κ1) is 21.2. The Morgan fingerprint density at radius 2 is 0.971 bits per heavy atom. The van der Waals surface area contributed by atoms with Gasteiger partial charge in [0.1, 0.15) is 11.5 Å². The van der Waals surface area contributed by atoms with Gasteiger partial charge in [-0.15, -0.1) is 0 Å². The molecule has 0 bridgehead atoms. The topological polar surface area (TPSA) is 40.5 Å². The number of aromatic hydroxyl groups is 2. The zero-order valence-corrected chi connectivity index (χ0v) is 19.8. The summed E-state index contributed by atoms with van der Waals surface area (Å²) in [6, 6.07) is 36.6. The predicted octanol–water partition coefficient (Wildman–Crippen LogP) is 8.55. The maximum Gasteiger partial charge on any atom is 0.120 e. The third-order valence-electron chi connectivity index (χ3n) is 7.26. The summed E-state index contributed by atoms with van der Waals surface area (Å²) in [6.07, 6.45) is 0. The first-order valence-electron chi connectivity index (χ1n) is 11.9. The molecule has 0 spiro atoms. The summed E-state index contributed by atoms with van der Waals surface area (Å²) in [7, 11) is 0. The molecule has 170 valence electrons. The van der Waals surface area contributed by atoms with Gasteiger partial charge in [-0.1, -0.05) is 111 Å². The Hall–Kier alpha value is -4.30. The molecule has 0 unspecified atom stereocenters. The van der Waals surface area contributed by atoms with E-state index >= 15 is 0 Å². The van der Waals surface area contributed by atoms with Crippen LogP contribution in [0.5, 0.6) is 11.5 Å². The zero-order chi connectivity index (χ0) is 24.2. The second kappa shape index (κ2) is 7.89. The molecule has 6 aromatic rings. The molecule has 6 aromatic carbocycles. The van der Waals surface area contributed by atoms with Crippen LogP contribution in [-0.4, -0.2) is 10.2 Å². The summed E-state index contributed by atoms with van der Waals surface area (Å²) in [5.41, 5.74) is 3.13. The number of rotatable bonds is 3. The Bertz CT molecular complexity index is 1740. The number of hydrogen-bond donors (Lipinski definition) is 2. The lowest BCUT2D eigenvalue weighted by atomic mass is 9.72. The number of phenolic OH excluding ortho intramolecular Hbond substituents is 2. The molecule has 0 radical (unpaired) electrons. The fourth-order valence-electron chi connectivity index (χ4n) is 5.73. The summed E-state index contributed by atoms with van der Waals surface area (Å²) in [4.78, 5) is 0. The second-order valence-electron chi connectivity index (χ2n) is 9.70. The van der Waals surface area contributed by atoms with E-state index in [0.717, 1.165) is 43.8 Å². The van der Waals surface area contributed by atoms with Crippen LogP contribution in [-0.2, 0) is 5.41 Å². The summed E-state index contributed by atoms with van der Waals surface area (Å²) in [6.45, 7) is 4.17. The standard InChI is InChI=1S/C33H26O2/c1-33(2,31-25-14-6-4-10-22(25)17-19-28(31)34)32-29(35)20-18-23-12-8-16-27(30(23)32)26-15-7-11-21-9-3-5-13-24(21)26/h3-20,34-35H,1-2H3. The van der Waals surface area contributed by atoms with E-state index in [1.165, 1.54) is 10.8 Å². The van der Waals surface area contributed by atoms with E-state index in [2.05, 4.69) is 80.6 Å². The van der Waals surface area contributed by atoms with E-state index < -0.39 is 5.41 Å². The molecule has 0 atom stereocenters. The quantitative estimate of drug-likeness (QED) is 0.281. The van der Waals surface area contributed by atoms with Crippen LogP contribution in [0.25, 0.3) is 43.4 Å². The molecule has 0 fully saturated rings. The molecule has 0 heterocycles. The lowest BCUT2D eigenvalue weighted by Crippen LogP contribution is -2.20. The van der Waals surface area contributed by atoms with Crippen LogP contribution >= 0.6 is 0 Å². The Labute approximate surface area is 204 Å². The maximum absolute atomic E-state index is 11.4. The monoisotopic (exact) mass is 454 g/mol. The van der Waals surface area contributed by atoms with Crippen LogP contribution in [0.1, 0.15) is 25.0 Å². The molecule has 0 saturated carbocycles. The van der Waals surface area contributed by atoms with E-state index in [1.54, 1.807) is 12.1 Å². The number of benzene rings is 6. The van der Waals surface area contributed by atoms with Crippen molar-refractivity contribution in [2.75, 3.05) is 0 Å². The van der Waals surface area contributed by atoms with Crippen LogP contribution in [0, 0.1) is 0 Å². The molecular formula is C33H26O2. The lowest BCUT2D eigenvalue weighted by molar-refractivity contribution is 0.439. The van der Waals surface area contributed by atoms with E-state index in [9.17, 15) is 10.2 Å². The van der Waals surface area contributed by atoms with Crippen molar-refractivity contribution in [3.8, 4) is 22.6 Å². The van der Waals surface area contributed by atoms with Gasteiger partial charge in [0.15, 0.2) is 0 Å². The Morgan fingerprint density at radius 3 is 1.71 bits per heavy atom. The molecule has 2 nitrogen and oxygen atoms in total. The molecule has 0 aliphatic heterocycles. The summed E-state index contributed by atoms with van der Waals surface area (Å²) in [5.74, 6) is 0.454. The molecule has 0 aromatic heterocycles. The highest BCUT2D eigenvalue weighted by Gasteiger charge is 2.33. The van der Waals surface area contributed by atoms with Gasteiger partial charge in [-0.25, -0.2) is 0 Å². The Morgan fingerprint density at radius 1 is 0.457 bits per heavy atom. The number of fused-ring (bicyclic) bond motifs is 3. The van der Waals surface area contributed by atoms with Gasteiger partial charge in [0, 0.05) is 16.5 Å². The lowest BCUT2D eigenvalue weighted by Gasteiger charge is -2.31. The number of phenols is 2. The molecular weight excluding hydrogens is 428 g/mol. The van der Waals surface area contributed by atoms with E-state index in [1.807, 2.05) is 30.3 Å². The van der Waals surface area contributed by atoms with Crippen LogP contribution in [0.2, 0.25) is 0 Å². The predicted molar refractivity (Wildman–Crippen MR) is 146 cm³/mol. The van der Waals surface area contributed by atoms with Gasteiger partial charge in [-0.05, 0) is 55.6 Å². The van der Waals surface area contributed by atoms with E-state index in [-0.39, 0.29) is 11.5 Å². The smallest absolute Gasteiger partial charge is 0.120 e. The van der Waals surface area contributed by atoms with Gasteiger partial charge in [-0.2, -0.15) is 0 Å². The zero-order valence-electron chi connectivity index (χ0n) is 19.8. The molecule has 2 N–H and O–H groups in total. The van der Waals surface area contributed by atoms with Gasteiger partial charge in [0.2, 0.25) is 0 Å². The van der Waals surface area contributed by atoms with Crippen molar-refractivity contribution >= 4 is 32.3 Å². The fourth-order valence-corrected chi connectivity index (χ4v) is 5.73. The van der Waals surface area contributed by atoms with Crippen LogP contribution < -0.4 is 0 Å². The summed E-state index contributed by atoms with van der Waals surface area (Å²) >= 11 is 0. The number of hydrogen-bond acceptors (Lipinski definition) is 2. The minimum Gasteiger partial charge on any atom is -0.508 e. The van der Waals surface area contributed by atoms with E-state index in [0.29, 0.717) is 0 Å². The summed E-state index contributed by atoms with van der Waals surface area (Å²) < 4.78 is 0. The molecule has 6 rings (SSSR count). The van der Waals surface area contributed by atoms with Crippen molar-refractivity contribution in [1.29, 1.82) is 0 Å². The molecule has 0 saturated heterocycles. The van der Waals surface area contributed by atoms with Crippen molar-refractivity contribution in [2.45, 2.75) is 19.3 Å². The SMILES string of the molecule is CC(C)(c1c(O)ccc2ccccc12)c1c(O)ccc2cccc(-c3cccc4ccccc34)c12. The molecule has 35 heavy (non-hydrogen) atoms. The second-order valence-corrected chi connectivity index (χ2v) is 9.70. The van der Waals surface area contributed by atoms with Gasteiger partial charge in [0.05, 0.1) is 0 Å². The van der Waals surface area contributed by atoms with Crippen molar-refractivity contribution in [3.05, 3.63) is 120 Å². The third kappa shape index (κ3) is 3.25. The minimum atomic E-state index is -0.685. The minimum absolute atomic E-state index is 0.225. The normalized spacial score (nSPS) is 11.9. The molecule has 2 heteroatoms. The summed E-state index contributed by atoms with van der Waals surface area (Å²) in [5, 5.41) is 28.9. The van der Waals surface area contributed by atoms with Crippen molar-refractivity contribution in [1.82, 2.24) is 0 Å². The first-order chi connectivity index (χ1) is 17.0. The largest absolute Gasteiger partial charge is 0.508 e. The Kier molecular flexibility index (Phi) is 4.79. The van der Waals surface area contributed by atoms with Gasteiger partial charge < -0.3 is 10.2 Å². The van der Waals surface area contributed by atoms with Crippen LogP contribution in [0.3, 0.4) is 0 Å². The van der Waals surface area contributed by atoms with Crippen molar-refractivity contribution in [3.63, 3.8) is 0 Å². The van der Waals surface area contributed by atoms with Gasteiger partial charge in [-0.3, -0.25) is 0 Å². The fraction of sp³-hybridized carbons (Fsp3) is 0.0909.